The van der Waals surface area contributed by atoms with E-state index in [1.165, 1.54) is 12.3 Å². The monoisotopic (exact) mass is 235 g/mol. The lowest BCUT2D eigenvalue weighted by Crippen LogP contribution is -2.52. The van der Waals surface area contributed by atoms with Crippen LogP contribution in [0.2, 0.25) is 0 Å². The first-order valence-corrected chi connectivity index (χ1v) is 5.86. The molecule has 0 bridgehead atoms. The lowest BCUT2D eigenvalue weighted by atomic mass is 9.82. The van der Waals surface area contributed by atoms with E-state index in [9.17, 15) is 9.90 Å². The molecule has 1 amide bonds. The molecule has 0 unspecified atom stereocenters. The maximum Gasteiger partial charge on any atom is 0.245 e. The number of carbonyl (C=O) groups excluding carboxylic acids is 1. The zero-order chi connectivity index (χ0) is 12.3. The quantitative estimate of drug-likeness (QED) is 0.722. The second kappa shape index (κ2) is 4.71. The van der Waals surface area contributed by atoms with Gasteiger partial charge in [-0.2, -0.15) is 0 Å². The van der Waals surface area contributed by atoms with Gasteiger partial charge in [0.2, 0.25) is 5.91 Å². The van der Waals surface area contributed by atoms with Gasteiger partial charge in [-0.1, -0.05) is 19.3 Å². The largest absolute Gasteiger partial charge is 0.504 e. The van der Waals surface area contributed by atoms with Crippen LogP contribution in [-0.4, -0.2) is 21.5 Å². The number of amides is 1. The van der Waals surface area contributed by atoms with Crippen molar-refractivity contribution >= 4 is 11.7 Å². The lowest BCUT2D eigenvalue weighted by molar-refractivity contribution is -0.122. The molecule has 1 heterocycles. The summed E-state index contributed by atoms with van der Waals surface area (Å²) in [5, 5.41) is 12.1. The summed E-state index contributed by atoms with van der Waals surface area (Å²) in [6.07, 6.45) is 5.95. The van der Waals surface area contributed by atoms with Crippen LogP contribution in [0.3, 0.4) is 0 Å². The van der Waals surface area contributed by atoms with Crippen LogP contribution < -0.4 is 11.1 Å². The first-order valence-electron chi connectivity index (χ1n) is 5.86. The molecular weight excluding hydrogens is 218 g/mol. The van der Waals surface area contributed by atoms with Crippen LogP contribution in [0.15, 0.2) is 18.3 Å². The molecule has 5 nitrogen and oxygen atoms in total. The summed E-state index contributed by atoms with van der Waals surface area (Å²) >= 11 is 0. The van der Waals surface area contributed by atoms with Gasteiger partial charge in [0.15, 0.2) is 11.6 Å². The van der Waals surface area contributed by atoms with Gasteiger partial charge in [0.1, 0.15) is 0 Å². The number of nitrogens with one attached hydrogen (secondary N) is 1. The molecule has 1 aliphatic rings. The maximum atomic E-state index is 12.1. The molecule has 4 N–H and O–H groups in total. The summed E-state index contributed by atoms with van der Waals surface area (Å²) in [5.74, 6) is -0.126. The van der Waals surface area contributed by atoms with Crippen LogP contribution in [0, 0.1) is 0 Å². The summed E-state index contributed by atoms with van der Waals surface area (Å²) in [6.45, 7) is 0. The number of hydrogen-bond donors (Lipinski definition) is 3. The molecule has 0 atom stereocenters. The number of anilines is 1. The van der Waals surface area contributed by atoms with Gasteiger partial charge in [-0.25, -0.2) is 4.98 Å². The number of aromatic hydroxyl groups is 1. The summed E-state index contributed by atoms with van der Waals surface area (Å²) < 4.78 is 0. The van der Waals surface area contributed by atoms with Crippen molar-refractivity contribution in [2.24, 2.45) is 5.73 Å². The fraction of sp³-hybridized carbons (Fsp3) is 0.500. The lowest BCUT2D eigenvalue weighted by Gasteiger charge is -2.31. The van der Waals surface area contributed by atoms with E-state index in [0.717, 1.165) is 19.3 Å². The van der Waals surface area contributed by atoms with Crippen molar-refractivity contribution in [3.63, 3.8) is 0 Å². The molecule has 0 saturated heterocycles. The average molecular weight is 235 g/mol. The Morgan fingerprint density at radius 2 is 2.12 bits per heavy atom. The zero-order valence-corrected chi connectivity index (χ0v) is 9.65. The highest BCUT2D eigenvalue weighted by Crippen LogP contribution is 2.28. The van der Waals surface area contributed by atoms with E-state index in [2.05, 4.69) is 10.3 Å². The molecule has 0 spiro atoms. The van der Waals surface area contributed by atoms with Crippen molar-refractivity contribution < 1.29 is 9.90 Å². The van der Waals surface area contributed by atoms with Gasteiger partial charge in [0.05, 0.1) is 5.54 Å². The molecular formula is C12H17N3O2. The number of aromatic nitrogens is 1. The third-order valence-corrected chi connectivity index (χ3v) is 3.22. The Morgan fingerprint density at radius 1 is 1.41 bits per heavy atom. The standard InChI is InChI=1S/C12H17N3O2/c13-12(6-2-1-3-7-12)11(17)15-10-9(16)5-4-8-14-10/h4-5,8,16H,1-3,6-7,13H2,(H,14,15,17). The SMILES string of the molecule is NC1(C(=O)Nc2ncccc2O)CCCCC1. The summed E-state index contributed by atoms with van der Waals surface area (Å²) in [4.78, 5) is 16.0. The normalized spacial score (nSPS) is 18.6. The molecule has 1 aromatic rings. The Hall–Kier alpha value is -1.62. The minimum atomic E-state index is -0.817. The van der Waals surface area contributed by atoms with Crippen molar-refractivity contribution in [2.75, 3.05) is 5.32 Å². The van der Waals surface area contributed by atoms with E-state index in [1.807, 2.05) is 0 Å². The van der Waals surface area contributed by atoms with Crippen LogP contribution in [0.25, 0.3) is 0 Å². The number of hydrogen-bond acceptors (Lipinski definition) is 4. The molecule has 2 rings (SSSR count). The van der Waals surface area contributed by atoms with Crippen molar-refractivity contribution in [2.45, 2.75) is 37.6 Å². The highest BCUT2D eigenvalue weighted by Gasteiger charge is 2.35. The van der Waals surface area contributed by atoms with E-state index < -0.39 is 5.54 Å². The highest BCUT2D eigenvalue weighted by atomic mass is 16.3. The smallest absolute Gasteiger partial charge is 0.245 e. The molecule has 5 heteroatoms. The average Bonchev–Trinajstić information content (AvgIpc) is 2.33. The predicted molar refractivity (Wildman–Crippen MR) is 64.5 cm³/mol. The minimum absolute atomic E-state index is 0.0414. The maximum absolute atomic E-state index is 12.1. The van der Waals surface area contributed by atoms with E-state index in [4.69, 9.17) is 5.73 Å². The molecule has 92 valence electrons. The van der Waals surface area contributed by atoms with E-state index in [-0.39, 0.29) is 17.5 Å². The minimum Gasteiger partial charge on any atom is -0.504 e. The first kappa shape index (κ1) is 11.9. The van der Waals surface area contributed by atoms with E-state index in [0.29, 0.717) is 12.8 Å². The van der Waals surface area contributed by atoms with Crippen molar-refractivity contribution in [3.05, 3.63) is 18.3 Å². The summed E-state index contributed by atoms with van der Waals surface area (Å²) in [5.41, 5.74) is 5.26. The topological polar surface area (TPSA) is 88.2 Å². The zero-order valence-electron chi connectivity index (χ0n) is 9.65. The Morgan fingerprint density at radius 3 is 2.76 bits per heavy atom. The number of nitrogens with zero attached hydrogens (tertiary/aromatic N) is 1. The fourth-order valence-corrected chi connectivity index (χ4v) is 2.13. The van der Waals surface area contributed by atoms with Crippen LogP contribution in [0.1, 0.15) is 32.1 Å². The third-order valence-electron chi connectivity index (χ3n) is 3.22. The van der Waals surface area contributed by atoms with Gasteiger partial charge in [-0.3, -0.25) is 4.79 Å². The van der Waals surface area contributed by atoms with Gasteiger partial charge < -0.3 is 16.2 Å². The Balaban J connectivity index is 2.08. The van der Waals surface area contributed by atoms with Crippen LogP contribution in [0.5, 0.6) is 5.75 Å². The molecule has 0 aliphatic heterocycles. The van der Waals surface area contributed by atoms with Gasteiger partial charge in [-0.15, -0.1) is 0 Å². The number of pyridine rings is 1. The summed E-state index contributed by atoms with van der Waals surface area (Å²) in [6, 6.07) is 3.08. The van der Waals surface area contributed by atoms with Crippen LogP contribution in [-0.2, 0) is 4.79 Å². The van der Waals surface area contributed by atoms with Gasteiger partial charge >= 0.3 is 0 Å². The molecule has 1 aliphatic carbocycles. The number of carbonyl (C=O) groups is 1. The van der Waals surface area contributed by atoms with Gasteiger partial charge in [0.25, 0.3) is 0 Å². The number of rotatable bonds is 2. The van der Waals surface area contributed by atoms with Crippen molar-refractivity contribution in [1.29, 1.82) is 0 Å². The second-order valence-electron chi connectivity index (χ2n) is 4.54. The van der Waals surface area contributed by atoms with Gasteiger partial charge in [-0.05, 0) is 25.0 Å². The van der Waals surface area contributed by atoms with Crippen LogP contribution in [0.4, 0.5) is 5.82 Å². The van der Waals surface area contributed by atoms with E-state index >= 15 is 0 Å². The Labute approximate surface area is 100 Å². The molecule has 17 heavy (non-hydrogen) atoms. The molecule has 1 aromatic heterocycles. The van der Waals surface area contributed by atoms with Crippen LogP contribution >= 0.6 is 0 Å². The molecule has 0 radical (unpaired) electrons. The fourth-order valence-electron chi connectivity index (χ4n) is 2.13. The third kappa shape index (κ3) is 2.55. The Bertz CT molecular complexity index is 414. The van der Waals surface area contributed by atoms with Gasteiger partial charge in [0, 0.05) is 6.20 Å². The van der Waals surface area contributed by atoms with Crippen molar-refractivity contribution in [3.8, 4) is 5.75 Å². The first-order chi connectivity index (χ1) is 8.12. The molecule has 1 fully saturated rings. The molecule has 0 aromatic carbocycles. The number of nitrogens with two attached hydrogens (primary N) is 1. The second-order valence-corrected chi connectivity index (χ2v) is 4.54. The van der Waals surface area contributed by atoms with E-state index in [1.54, 1.807) is 6.07 Å². The van der Waals surface area contributed by atoms with Crippen molar-refractivity contribution in [1.82, 2.24) is 4.98 Å². The predicted octanol–water partition coefficient (Wildman–Crippen LogP) is 1.39. The highest BCUT2D eigenvalue weighted by molar-refractivity contribution is 5.98. The summed E-state index contributed by atoms with van der Waals surface area (Å²) in [7, 11) is 0. The Kier molecular flexibility index (Phi) is 3.28. The molecule has 1 saturated carbocycles.